The van der Waals surface area contributed by atoms with Gasteiger partial charge < -0.3 is 5.73 Å². The Labute approximate surface area is 114 Å². The molecule has 2 nitrogen and oxygen atoms in total. The quantitative estimate of drug-likeness (QED) is 0.684. The SMILES string of the molecule is CSc1cc(Br)ccc1/C(N)=C\C(=O)C1CC1. The van der Waals surface area contributed by atoms with Crippen LogP contribution in [0, 0.1) is 5.92 Å². The Kier molecular flexibility index (Phi) is 3.94. The standard InChI is InChI=1S/C13H14BrNOS/c1-17-13-6-9(14)4-5-10(13)11(15)7-12(16)8-2-3-8/h4-8H,2-3,15H2,1H3/b11-7+. The first-order valence-electron chi connectivity index (χ1n) is 5.46. The minimum Gasteiger partial charge on any atom is -0.398 e. The van der Waals surface area contributed by atoms with Crippen LogP contribution in [0.1, 0.15) is 18.4 Å². The van der Waals surface area contributed by atoms with E-state index >= 15 is 0 Å². The summed E-state index contributed by atoms with van der Waals surface area (Å²) < 4.78 is 1.02. The normalized spacial score (nSPS) is 16.0. The summed E-state index contributed by atoms with van der Waals surface area (Å²) in [6.07, 6.45) is 5.61. The molecule has 0 radical (unpaired) electrons. The fraction of sp³-hybridized carbons (Fsp3) is 0.308. The second-order valence-corrected chi connectivity index (χ2v) is 5.88. The van der Waals surface area contributed by atoms with Gasteiger partial charge in [0.2, 0.25) is 0 Å². The maximum Gasteiger partial charge on any atom is 0.160 e. The number of allylic oxidation sites excluding steroid dienone is 1. The number of carbonyl (C=O) groups excluding carboxylic acids is 1. The van der Waals surface area contributed by atoms with Gasteiger partial charge in [-0.25, -0.2) is 0 Å². The number of halogens is 1. The van der Waals surface area contributed by atoms with Crippen LogP contribution in [0.15, 0.2) is 33.6 Å². The van der Waals surface area contributed by atoms with E-state index in [1.165, 1.54) is 0 Å². The van der Waals surface area contributed by atoms with Crippen LogP contribution in [0.4, 0.5) is 0 Å². The van der Waals surface area contributed by atoms with Gasteiger partial charge in [0.15, 0.2) is 5.78 Å². The molecule has 1 fully saturated rings. The number of carbonyl (C=O) groups is 1. The van der Waals surface area contributed by atoms with Gasteiger partial charge in [0, 0.05) is 32.6 Å². The zero-order valence-corrected chi connectivity index (χ0v) is 12.0. The van der Waals surface area contributed by atoms with Crippen molar-refractivity contribution in [2.45, 2.75) is 17.7 Å². The Bertz CT molecular complexity index is 480. The first-order chi connectivity index (χ1) is 8.11. The molecule has 0 aliphatic heterocycles. The molecular formula is C13H14BrNOS. The number of nitrogens with two attached hydrogens (primary N) is 1. The van der Waals surface area contributed by atoms with Gasteiger partial charge >= 0.3 is 0 Å². The van der Waals surface area contributed by atoms with E-state index in [1.54, 1.807) is 17.8 Å². The maximum atomic E-state index is 11.7. The van der Waals surface area contributed by atoms with E-state index in [0.29, 0.717) is 5.70 Å². The third-order valence-electron chi connectivity index (χ3n) is 2.75. The average Bonchev–Trinajstić information content (AvgIpc) is 3.12. The van der Waals surface area contributed by atoms with Crippen molar-refractivity contribution < 1.29 is 4.79 Å². The van der Waals surface area contributed by atoms with Crippen LogP contribution in [0.25, 0.3) is 5.70 Å². The van der Waals surface area contributed by atoms with E-state index in [4.69, 9.17) is 5.73 Å². The fourth-order valence-corrected chi connectivity index (χ4v) is 2.78. The van der Waals surface area contributed by atoms with Gasteiger partial charge in [-0.05, 0) is 31.2 Å². The molecule has 1 saturated carbocycles. The van der Waals surface area contributed by atoms with Crippen molar-refractivity contribution in [3.8, 4) is 0 Å². The molecule has 0 aromatic heterocycles. The van der Waals surface area contributed by atoms with E-state index in [2.05, 4.69) is 15.9 Å². The second-order valence-electron chi connectivity index (χ2n) is 4.12. The molecule has 0 heterocycles. The minimum absolute atomic E-state index is 0.164. The minimum atomic E-state index is 0.164. The lowest BCUT2D eigenvalue weighted by atomic mass is 10.1. The molecule has 1 aliphatic carbocycles. The predicted octanol–water partition coefficient (Wildman–Crippen LogP) is 3.45. The molecule has 1 aliphatic rings. The lowest BCUT2D eigenvalue weighted by Crippen LogP contribution is -2.04. The summed E-state index contributed by atoms with van der Waals surface area (Å²) in [4.78, 5) is 12.8. The first kappa shape index (κ1) is 12.7. The molecule has 0 bridgehead atoms. The summed E-state index contributed by atoms with van der Waals surface area (Å²) in [6, 6.07) is 5.90. The monoisotopic (exact) mass is 311 g/mol. The van der Waals surface area contributed by atoms with Crippen LogP contribution < -0.4 is 5.73 Å². The molecular weight excluding hydrogens is 298 g/mol. The van der Waals surface area contributed by atoms with Crippen molar-refractivity contribution in [2.75, 3.05) is 6.26 Å². The van der Waals surface area contributed by atoms with Crippen molar-refractivity contribution in [1.82, 2.24) is 0 Å². The predicted molar refractivity (Wildman–Crippen MR) is 75.8 cm³/mol. The van der Waals surface area contributed by atoms with Crippen molar-refractivity contribution in [3.05, 3.63) is 34.3 Å². The van der Waals surface area contributed by atoms with Crippen molar-refractivity contribution in [1.29, 1.82) is 0 Å². The number of ketones is 1. The van der Waals surface area contributed by atoms with E-state index < -0.39 is 0 Å². The van der Waals surface area contributed by atoms with Crippen molar-refractivity contribution in [3.63, 3.8) is 0 Å². The average molecular weight is 312 g/mol. The van der Waals surface area contributed by atoms with Crippen LogP contribution in [0.5, 0.6) is 0 Å². The van der Waals surface area contributed by atoms with Gasteiger partial charge in [-0.15, -0.1) is 11.8 Å². The Morgan fingerprint density at radius 2 is 2.24 bits per heavy atom. The third-order valence-corrected chi connectivity index (χ3v) is 4.02. The zero-order chi connectivity index (χ0) is 12.4. The van der Waals surface area contributed by atoms with Gasteiger partial charge in [-0.3, -0.25) is 4.79 Å². The van der Waals surface area contributed by atoms with Crippen LogP contribution >= 0.6 is 27.7 Å². The molecule has 1 aromatic carbocycles. The van der Waals surface area contributed by atoms with E-state index in [0.717, 1.165) is 27.8 Å². The number of benzene rings is 1. The fourth-order valence-electron chi connectivity index (χ4n) is 1.62. The van der Waals surface area contributed by atoms with Gasteiger partial charge in [0.25, 0.3) is 0 Å². The van der Waals surface area contributed by atoms with Crippen molar-refractivity contribution >= 4 is 39.2 Å². The van der Waals surface area contributed by atoms with Crippen LogP contribution in [0.2, 0.25) is 0 Å². The first-order valence-corrected chi connectivity index (χ1v) is 7.48. The summed E-state index contributed by atoms with van der Waals surface area (Å²) in [5, 5.41) is 0. The van der Waals surface area contributed by atoms with Crippen LogP contribution in [-0.2, 0) is 4.79 Å². The highest BCUT2D eigenvalue weighted by Gasteiger charge is 2.28. The molecule has 0 unspecified atom stereocenters. The molecule has 17 heavy (non-hydrogen) atoms. The van der Waals surface area contributed by atoms with E-state index in [-0.39, 0.29) is 11.7 Å². The van der Waals surface area contributed by atoms with Gasteiger partial charge in [-0.1, -0.05) is 22.0 Å². The Hall–Kier alpha value is -0.740. The van der Waals surface area contributed by atoms with E-state index in [9.17, 15) is 4.79 Å². The Morgan fingerprint density at radius 3 is 2.82 bits per heavy atom. The highest BCUT2D eigenvalue weighted by molar-refractivity contribution is 9.10. The maximum absolute atomic E-state index is 11.7. The van der Waals surface area contributed by atoms with Gasteiger partial charge in [0.1, 0.15) is 0 Å². The topological polar surface area (TPSA) is 43.1 Å². The Balaban J connectivity index is 2.28. The summed E-state index contributed by atoms with van der Waals surface area (Å²) in [6.45, 7) is 0. The molecule has 90 valence electrons. The molecule has 1 aromatic rings. The van der Waals surface area contributed by atoms with Gasteiger partial charge in [0.05, 0.1) is 0 Å². The number of hydrogen-bond donors (Lipinski definition) is 1. The lowest BCUT2D eigenvalue weighted by molar-refractivity contribution is -0.115. The smallest absolute Gasteiger partial charge is 0.160 e. The number of rotatable bonds is 4. The largest absolute Gasteiger partial charge is 0.398 e. The summed E-state index contributed by atoms with van der Waals surface area (Å²) in [7, 11) is 0. The highest BCUT2D eigenvalue weighted by Crippen LogP contribution is 2.32. The molecule has 0 amide bonds. The molecule has 0 saturated heterocycles. The number of hydrogen-bond acceptors (Lipinski definition) is 3. The van der Waals surface area contributed by atoms with Crippen LogP contribution in [-0.4, -0.2) is 12.0 Å². The van der Waals surface area contributed by atoms with E-state index in [1.807, 2.05) is 24.5 Å². The molecule has 0 atom stereocenters. The summed E-state index contributed by atoms with van der Waals surface area (Å²) in [5.74, 6) is 0.388. The van der Waals surface area contributed by atoms with Crippen LogP contribution in [0.3, 0.4) is 0 Å². The summed E-state index contributed by atoms with van der Waals surface area (Å²) in [5.41, 5.74) is 7.51. The molecule has 2 N–H and O–H groups in total. The second kappa shape index (κ2) is 5.27. The lowest BCUT2D eigenvalue weighted by Gasteiger charge is -2.08. The van der Waals surface area contributed by atoms with Crippen molar-refractivity contribution in [2.24, 2.45) is 11.7 Å². The molecule has 4 heteroatoms. The third kappa shape index (κ3) is 3.13. The van der Waals surface area contributed by atoms with Gasteiger partial charge in [-0.2, -0.15) is 0 Å². The highest BCUT2D eigenvalue weighted by atomic mass is 79.9. The summed E-state index contributed by atoms with van der Waals surface area (Å²) >= 11 is 5.06. The Morgan fingerprint density at radius 1 is 1.53 bits per heavy atom. The molecule has 2 rings (SSSR count). The number of thioether (sulfide) groups is 1. The molecule has 0 spiro atoms. The zero-order valence-electron chi connectivity index (χ0n) is 9.57.